The van der Waals surface area contributed by atoms with E-state index in [0.717, 1.165) is 61.4 Å². The molecule has 0 bridgehead atoms. The number of aromatic nitrogens is 3. The molecule has 0 atom stereocenters. The van der Waals surface area contributed by atoms with Gasteiger partial charge in [-0.2, -0.15) is 0 Å². The van der Waals surface area contributed by atoms with Gasteiger partial charge < -0.3 is 9.64 Å². The van der Waals surface area contributed by atoms with Crippen LogP contribution in [0.15, 0.2) is 36.4 Å². The van der Waals surface area contributed by atoms with Crippen LogP contribution in [0.4, 0.5) is 0 Å². The molecule has 1 saturated heterocycles. The summed E-state index contributed by atoms with van der Waals surface area (Å²) in [5.41, 5.74) is 4.08. The summed E-state index contributed by atoms with van der Waals surface area (Å²) in [6.07, 6.45) is 0.966. The summed E-state index contributed by atoms with van der Waals surface area (Å²) in [5, 5.41) is 5.31. The van der Waals surface area contributed by atoms with E-state index in [0.29, 0.717) is 5.88 Å². The summed E-state index contributed by atoms with van der Waals surface area (Å²) < 4.78 is 7.57. The van der Waals surface area contributed by atoms with E-state index in [2.05, 4.69) is 39.2 Å². The number of carbonyl (C=O) groups is 1. The highest BCUT2D eigenvalue weighted by Gasteiger charge is 2.21. The van der Waals surface area contributed by atoms with Crippen molar-refractivity contribution >= 4 is 16.9 Å². The molecule has 1 amide bonds. The molecule has 0 spiro atoms. The normalized spacial score (nSPS) is 15.4. The lowest BCUT2D eigenvalue weighted by Crippen LogP contribution is -2.38. The van der Waals surface area contributed by atoms with Gasteiger partial charge in [-0.05, 0) is 37.5 Å². The number of nitrogens with zero attached hydrogens (tertiary/aromatic N) is 5. The van der Waals surface area contributed by atoms with Crippen molar-refractivity contribution in [1.82, 2.24) is 24.6 Å². The Hall–Kier alpha value is -2.93. The maximum absolute atomic E-state index is 12.8. The molecule has 30 heavy (non-hydrogen) atoms. The Morgan fingerprint density at radius 2 is 1.90 bits per heavy atom. The molecular formula is C23H29N5O2. The standard InChI is InChI=1S/C23H29N5O2/c1-17-14-18(2)24-22-21(17)23(25-26(22)3)30-16-20(29)28-11-7-10-27(12-13-28)15-19-8-5-4-6-9-19/h4-6,8-9,14H,7,10-13,15-16H2,1-3H3. The maximum Gasteiger partial charge on any atom is 0.260 e. The van der Waals surface area contributed by atoms with Crippen molar-refractivity contribution in [1.29, 1.82) is 0 Å². The van der Waals surface area contributed by atoms with Crippen LogP contribution in [-0.2, 0) is 18.4 Å². The number of hydrogen-bond donors (Lipinski definition) is 0. The largest absolute Gasteiger partial charge is 0.466 e. The first-order valence-electron chi connectivity index (χ1n) is 10.5. The Labute approximate surface area is 177 Å². The molecule has 7 heteroatoms. The predicted octanol–water partition coefficient (Wildman–Crippen LogP) is 2.70. The van der Waals surface area contributed by atoms with Crippen LogP contribution in [0.1, 0.15) is 23.2 Å². The molecule has 1 aliphatic rings. The molecule has 1 fully saturated rings. The summed E-state index contributed by atoms with van der Waals surface area (Å²) in [6, 6.07) is 12.5. The molecular weight excluding hydrogens is 378 g/mol. The van der Waals surface area contributed by atoms with Crippen LogP contribution in [0.5, 0.6) is 5.88 Å². The fourth-order valence-corrected chi connectivity index (χ4v) is 4.09. The zero-order valence-electron chi connectivity index (χ0n) is 18.0. The number of carbonyl (C=O) groups excluding carboxylic acids is 1. The van der Waals surface area contributed by atoms with Crippen LogP contribution >= 0.6 is 0 Å². The second-order valence-electron chi connectivity index (χ2n) is 7.99. The SMILES string of the molecule is Cc1cc(C)c2c(OCC(=O)N3CCCN(Cc4ccccc4)CC3)nn(C)c2n1. The number of hydrogen-bond acceptors (Lipinski definition) is 5. The van der Waals surface area contributed by atoms with E-state index in [1.54, 1.807) is 4.68 Å². The molecule has 3 aromatic rings. The molecule has 7 nitrogen and oxygen atoms in total. The zero-order chi connectivity index (χ0) is 21.1. The minimum Gasteiger partial charge on any atom is -0.466 e. The van der Waals surface area contributed by atoms with Crippen molar-refractivity contribution in [2.24, 2.45) is 7.05 Å². The van der Waals surface area contributed by atoms with Gasteiger partial charge in [-0.3, -0.25) is 9.69 Å². The van der Waals surface area contributed by atoms with Crippen LogP contribution in [0.2, 0.25) is 0 Å². The van der Waals surface area contributed by atoms with E-state index >= 15 is 0 Å². The molecule has 3 heterocycles. The summed E-state index contributed by atoms with van der Waals surface area (Å²) in [5.74, 6) is 0.486. The number of pyridine rings is 1. The monoisotopic (exact) mass is 407 g/mol. The minimum atomic E-state index is -0.00187. The fraction of sp³-hybridized carbons (Fsp3) is 0.435. The highest BCUT2D eigenvalue weighted by Crippen LogP contribution is 2.27. The molecule has 1 aromatic carbocycles. The van der Waals surface area contributed by atoms with Gasteiger partial charge in [0.15, 0.2) is 12.3 Å². The third-order valence-electron chi connectivity index (χ3n) is 5.61. The van der Waals surface area contributed by atoms with E-state index in [1.165, 1.54) is 5.56 Å². The number of aryl methyl sites for hydroxylation is 3. The Morgan fingerprint density at radius 3 is 2.70 bits per heavy atom. The van der Waals surface area contributed by atoms with Crippen molar-refractivity contribution in [3.63, 3.8) is 0 Å². The molecule has 0 N–H and O–H groups in total. The molecule has 0 saturated carbocycles. The Morgan fingerprint density at radius 1 is 1.10 bits per heavy atom. The molecule has 4 rings (SSSR count). The second kappa shape index (κ2) is 8.83. The zero-order valence-corrected chi connectivity index (χ0v) is 18.0. The van der Waals surface area contributed by atoms with Gasteiger partial charge in [-0.15, -0.1) is 5.10 Å². The van der Waals surface area contributed by atoms with E-state index in [-0.39, 0.29) is 12.5 Å². The van der Waals surface area contributed by atoms with Gasteiger partial charge in [0, 0.05) is 45.5 Å². The second-order valence-corrected chi connectivity index (χ2v) is 7.99. The number of benzene rings is 1. The van der Waals surface area contributed by atoms with Crippen LogP contribution in [0.3, 0.4) is 0 Å². The van der Waals surface area contributed by atoms with E-state index in [9.17, 15) is 4.79 Å². The van der Waals surface area contributed by atoms with Gasteiger partial charge in [0.2, 0.25) is 5.88 Å². The third kappa shape index (κ3) is 4.46. The van der Waals surface area contributed by atoms with Gasteiger partial charge in [0.05, 0.1) is 5.39 Å². The van der Waals surface area contributed by atoms with E-state index < -0.39 is 0 Å². The molecule has 0 unspecified atom stereocenters. The molecule has 0 radical (unpaired) electrons. The smallest absolute Gasteiger partial charge is 0.260 e. The van der Waals surface area contributed by atoms with Crippen molar-refractivity contribution in [3.8, 4) is 5.88 Å². The molecule has 2 aromatic heterocycles. The van der Waals surface area contributed by atoms with Gasteiger partial charge in [0.25, 0.3) is 5.91 Å². The first kappa shape index (κ1) is 20.3. The number of rotatable bonds is 5. The van der Waals surface area contributed by atoms with Gasteiger partial charge in [-0.25, -0.2) is 9.67 Å². The Balaban J connectivity index is 1.36. The average Bonchev–Trinajstić information content (AvgIpc) is 2.89. The Kier molecular flexibility index (Phi) is 5.99. The first-order valence-corrected chi connectivity index (χ1v) is 10.5. The van der Waals surface area contributed by atoms with Crippen LogP contribution in [0.25, 0.3) is 11.0 Å². The van der Waals surface area contributed by atoms with E-state index in [4.69, 9.17) is 4.74 Å². The third-order valence-corrected chi connectivity index (χ3v) is 5.61. The summed E-state index contributed by atoms with van der Waals surface area (Å²) >= 11 is 0. The average molecular weight is 408 g/mol. The summed E-state index contributed by atoms with van der Waals surface area (Å²) in [4.78, 5) is 21.7. The minimum absolute atomic E-state index is 0.00187. The van der Waals surface area contributed by atoms with E-state index in [1.807, 2.05) is 37.9 Å². The number of ether oxygens (including phenoxy) is 1. The Bertz CT molecular complexity index is 1030. The molecule has 1 aliphatic heterocycles. The highest BCUT2D eigenvalue weighted by molar-refractivity contribution is 5.85. The fourth-order valence-electron chi connectivity index (χ4n) is 4.09. The van der Waals surface area contributed by atoms with Crippen LogP contribution in [-0.4, -0.2) is 63.3 Å². The molecule has 0 aliphatic carbocycles. The van der Waals surface area contributed by atoms with Gasteiger partial charge in [-0.1, -0.05) is 30.3 Å². The van der Waals surface area contributed by atoms with Gasteiger partial charge in [0.1, 0.15) is 0 Å². The lowest BCUT2D eigenvalue weighted by molar-refractivity contribution is -0.133. The van der Waals surface area contributed by atoms with Crippen LogP contribution in [0, 0.1) is 13.8 Å². The van der Waals surface area contributed by atoms with Crippen molar-refractivity contribution in [2.75, 3.05) is 32.8 Å². The summed E-state index contributed by atoms with van der Waals surface area (Å²) in [6.45, 7) is 8.24. The quantitative estimate of drug-likeness (QED) is 0.651. The predicted molar refractivity (Wildman–Crippen MR) is 116 cm³/mol. The van der Waals surface area contributed by atoms with Gasteiger partial charge >= 0.3 is 0 Å². The summed E-state index contributed by atoms with van der Waals surface area (Å²) in [7, 11) is 1.85. The number of fused-ring (bicyclic) bond motifs is 1. The highest BCUT2D eigenvalue weighted by atomic mass is 16.5. The molecule has 158 valence electrons. The van der Waals surface area contributed by atoms with Crippen molar-refractivity contribution < 1.29 is 9.53 Å². The first-order chi connectivity index (χ1) is 14.5. The lowest BCUT2D eigenvalue weighted by atomic mass is 10.2. The topological polar surface area (TPSA) is 63.5 Å². The van der Waals surface area contributed by atoms with Crippen molar-refractivity contribution in [3.05, 3.63) is 53.2 Å². The maximum atomic E-state index is 12.8. The van der Waals surface area contributed by atoms with Crippen LogP contribution < -0.4 is 4.74 Å². The van der Waals surface area contributed by atoms with Crippen molar-refractivity contribution in [2.45, 2.75) is 26.8 Å². The lowest BCUT2D eigenvalue weighted by Gasteiger charge is -2.22. The number of amides is 1.